The molecule has 1 saturated carbocycles. The SMILES string of the molecule is CCOC(=O)CNc1c(-c2ccc3c(c2)OCO3)nc2cc(C(=O)NC3CCC(N)CC3)ccn12. The lowest BCUT2D eigenvalue weighted by Gasteiger charge is -2.26. The molecule has 1 aliphatic carbocycles. The molecule has 0 atom stereocenters. The van der Waals surface area contributed by atoms with E-state index in [2.05, 4.69) is 10.6 Å². The minimum atomic E-state index is -0.373. The molecule has 1 fully saturated rings. The summed E-state index contributed by atoms with van der Waals surface area (Å²) in [6.45, 7) is 2.21. The molecule has 2 aliphatic rings. The van der Waals surface area contributed by atoms with Gasteiger partial charge in [0.1, 0.15) is 23.7 Å². The molecule has 3 aromatic rings. The van der Waals surface area contributed by atoms with Crippen molar-refractivity contribution in [2.75, 3.05) is 25.3 Å². The van der Waals surface area contributed by atoms with Crippen LogP contribution in [-0.4, -0.2) is 53.3 Å². The van der Waals surface area contributed by atoms with Gasteiger partial charge in [0.2, 0.25) is 6.79 Å². The third-order valence-electron chi connectivity index (χ3n) is 6.35. The van der Waals surface area contributed by atoms with Crippen LogP contribution >= 0.6 is 0 Å². The Morgan fingerprint density at radius 1 is 1.14 bits per heavy atom. The lowest BCUT2D eigenvalue weighted by Crippen LogP contribution is -2.40. The van der Waals surface area contributed by atoms with E-state index in [1.807, 2.05) is 22.6 Å². The zero-order chi connectivity index (χ0) is 24.4. The van der Waals surface area contributed by atoms with Gasteiger partial charge in [-0.3, -0.25) is 14.0 Å². The molecule has 5 rings (SSSR count). The number of nitrogens with two attached hydrogens (primary N) is 1. The molecule has 0 unspecified atom stereocenters. The molecule has 0 bridgehead atoms. The van der Waals surface area contributed by atoms with Gasteiger partial charge in [0.25, 0.3) is 5.91 Å². The summed E-state index contributed by atoms with van der Waals surface area (Å²) in [5.74, 6) is 1.40. The topological polar surface area (TPSA) is 129 Å². The number of hydrogen-bond acceptors (Lipinski definition) is 8. The molecule has 35 heavy (non-hydrogen) atoms. The molecule has 10 nitrogen and oxygen atoms in total. The van der Waals surface area contributed by atoms with Gasteiger partial charge in [-0.05, 0) is 62.9 Å². The summed E-state index contributed by atoms with van der Waals surface area (Å²) in [4.78, 5) is 29.7. The molecular formula is C25H29N5O5. The van der Waals surface area contributed by atoms with Crippen molar-refractivity contribution >= 4 is 23.3 Å². The van der Waals surface area contributed by atoms with Gasteiger partial charge in [0, 0.05) is 29.4 Å². The normalized spacial score (nSPS) is 18.9. The summed E-state index contributed by atoms with van der Waals surface area (Å²) in [5, 5.41) is 6.26. The van der Waals surface area contributed by atoms with Crippen LogP contribution in [0.25, 0.3) is 16.9 Å². The Labute approximate surface area is 202 Å². The Kier molecular flexibility index (Phi) is 6.45. The number of amides is 1. The summed E-state index contributed by atoms with van der Waals surface area (Å²) < 4.78 is 17.8. The monoisotopic (exact) mass is 479 g/mol. The quantitative estimate of drug-likeness (QED) is 0.441. The predicted octanol–water partition coefficient (Wildman–Crippen LogP) is 2.70. The van der Waals surface area contributed by atoms with E-state index in [4.69, 9.17) is 24.9 Å². The second-order valence-electron chi connectivity index (χ2n) is 8.76. The molecule has 184 valence electrons. The molecular weight excluding hydrogens is 450 g/mol. The molecule has 4 N–H and O–H groups in total. The first-order valence-corrected chi connectivity index (χ1v) is 11.9. The molecule has 10 heteroatoms. The van der Waals surface area contributed by atoms with Crippen LogP contribution in [0.1, 0.15) is 43.0 Å². The second kappa shape index (κ2) is 9.83. The maximum atomic E-state index is 12.9. The number of hydrogen-bond donors (Lipinski definition) is 3. The summed E-state index contributed by atoms with van der Waals surface area (Å²) >= 11 is 0. The fourth-order valence-electron chi connectivity index (χ4n) is 4.50. The van der Waals surface area contributed by atoms with Crippen LogP contribution in [0, 0.1) is 0 Å². The third-order valence-corrected chi connectivity index (χ3v) is 6.35. The van der Waals surface area contributed by atoms with E-state index in [1.54, 1.807) is 25.3 Å². The average molecular weight is 480 g/mol. The summed E-state index contributed by atoms with van der Waals surface area (Å²) in [6, 6.07) is 9.40. The van der Waals surface area contributed by atoms with E-state index < -0.39 is 0 Å². The van der Waals surface area contributed by atoms with Crippen molar-refractivity contribution in [3.8, 4) is 22.8 Å². The number of carbonyl (C=O) groups excluding carboxylic acids is 2. The first-order chi connectivity index (χ1) is 17.0. The van der Waals surface area contributed by atoms with Crippen molar-refractivity contribution in [2.45, 2.75) is 44.7 Å². The molecule has 1 aromatic carbocycles. The molecule has 2 aromatic heterocycles. The van der Waals surface area contributed by atoms with E-state index >= 15 is 0 Å². The van der Waals surface area contributed by atoms with Gasteiger partial charge in [-0.15, -0.1) is 0 Å². The standard InChI is InChI=1S/C25H29N5O5/c1-2-33-22(31)13-27-24-23(15-3-8-19-20(11-15)35-14-34-19)29-21-12-16(9-10-30(21)24)25(32)28-18-6-4-17(26)5-7-18/h3,8-12,17-18,27H,2,4-7,13-14,26H2,1H3,(H,28,32). The molecule has 0 saturated heterocycles. The minimum Gasteiger partial charge on any atom is -0.465 e. The largest absolute Gasteiger partial charge is 0.465 e. The fourth-order valence-corrected chi connectivity index (χ4v) is 4.50. The number of benzene rings is 1. The number of fused-ring (bicyclic) bond motifs is 2. The van der Waals surface area contributed by atoms with Crippen LogP contribution in [0.3, 0.4) is 0 Å². The summed E-state index contributed by atoms with van der Waals surface area (Å²) in [5.41, 5.74) is 8.48. The molecule has 0 spiro atoms. The predicted molar refractivity (Wildman–Crippen MR) is 130 cm³/mol. The van der Waals surface area contributed by atoms with Gasteiger partial charge in [-0.25, -0.2) is 4.98 Å². The molecule has 3 heterocycles. The highest BCUT2D eigenvalue weighted by Crippen LogP contribution is 2.38. The van der Waals surface area contributed by atoms with E-state index in [0.29, 0.717) is 40.8 Å². The number of imidazole rings is 1. The maximum Gasteiger partial charge on any atom is 0.325 e. The number of ether oxygens (including phenoxy) is 3. The van der Waals surface area contributed by atoms with Gasteiger partial charge in [-0.2, -0.15) is 0 Å². The summed E-state index contributed by atoms with van der Waals surface area (Å²) in [6.07, 6.45) is 5.37. The highest BCUT2D eigenvalue weighted by Gasteiger charge is 2.23. The van der Waals surface area contributed by atoms with Gasteiger partial charge in [0.15, 0.2) is 11.5 Å². The molecule has 1 aliphatic heterocycles. The lowest BCUT2D eigenvalue weighted by molar-refractivity contribution is -0.140. The average Bonchev–Trinajstić information content (AvgIpc) is 3.47. The summed E-state index contributed by atoms with van der Waals surface area (Å²) in [7, 11) is 0. The van der Waals surface area contributed by atoms with E-state index in [0.717, 1.165) is 31.2 Å². The van der Waals surface area contributed by atoms with Crippen LogP contribution in [-0.2, 0) is 9.53 Å². The zero-order valence-electron chi connectivity index (χ0n) is 19.6. The number of rotatable bonds is 7. The van der Waals surface area contributed by atoms with Crippen LogP contribution in [0.4, 0.5) is 5.82 Å². The fraction of sp³-hybridized carbons (Fsp3) is 0.400. The maximum absolute atomic E-state index is 12.9. The van der Waals surface area contributed by atoms with Crippen LogP contribution < -0.4 is 25.8 Å². The van der Waals surface area contributed by atoms with Gasteiger partial charge in [-0.1, -0.05) is 0 Å². The third kappa shape index (κ3) is 4.88. The Morgan fingerprint density at radius 2 is 1.94 bits per heavy atom. The Hall–Kier alpha value is -3.79. The Balaban J connectivity index is 1.45. The van der Waals surface area contributed by atoms with Gasteiger partial charge < -0.3 is 30.6 Å². The lowest BCUT2D eigenvalue weighted by atomic mass is 9.91. The first-order valence-electron chi connectivity index (χ1n) is 11.9. The van der Waals surface area contributed by atoms with Crippen molar-refractivity contribution in [3.05, 3.63) is 42.1 Å². The van der Waals surface area contributed by atoms with Crippen molar-refractivity contribution in [3.63, 3.8) is 0 Å². The Bertz CT molecular complexity index is 1250. The van der Waals surface area contributed by atoms with E-state index in [-0.39, 0.29) is 37.3 Å². The van der Waals surface area contributed by atoms with Gasteiger partial charge >= 0.3 is 5.97 Å². The number of aromatic nitrogens is 2. The number of nitrogens with zero attached hydrogens (tertiary/aromatic N) is 2. The number of esters is 1. The Morgan fingerprint density at radius 3 is 2.74 bits per heavy atom. The van der Waals surface area contributed by atoms with Crippen LogP contribution in [0.15, 0.2) is 36.5 Å². The van der Waals surface area contributed by atoms with E-state index in [1.165, 1.54) is 0 Å². The number of anilines is 1. The van der Waals surface area contributed by atoms with Crippen molar-refractivity contribution in [2.24, 2.45) is 5.73 Å². The highest BCUT2D eigenvalue weighted by atomic mass is 16.7. The van der Waals surface area contributed by atoms with Crippen molar-refractivity contribution < 1.29 is 23.8 Å². The number of pyridine rings is 1. The minimum absolute atomic E-state index is 0.0226. The van der Waals surface area contributed by atoms with Crippen molar-refractivity contribution in [1.29, 1.82) is 0 Å². The smallest absolute Gasteiger partial charge is 0.325 e. The van der Waals surface area contributed by atoms with Crippen LogP contribution in [0.5, 0.6) is 11.5 Å². The number of carbonyl (C=O) groups is 2. The van der Waals surface area contributed by atoms with E-state index in [9.17, 15) is 9.59 Å². The number of nitrogens with one attached hydrogen (secondary N) is 2. The van der Waals surface area contributed by atoms with Crippen molar-refractivity contribution in [1.82, 2.24) is 14.7 Å². The van der Waals surface area contributed by atoms with Crippen LogP contribution in [0.2, 0.25) is 0 Å². The second-order valence-corrected chi connectivity index (χ2v) is 8.76. The molecule has 1 amide bonds. The highest BCUT2D eigenvalue weighted by molar-refractivity contribution is 5.95. The molecule has 0 radical (unpaired) electrons. The first kappa shape index (κ1) is 23.0. The van der Waals surface area contributed by atoms with Gasteiger partial charge in [0.05, 0.1) is 6.61 Å². The zero-order valence-corrected chi connectivity index (χ0v) is 19.6.